The Morgan fingerprint density at radius 2 is 2.36 bits per heavy atom. The molecule has 0 radical (unpaired) electrons. The lowest BCUT2D eigenvalue weighted by molar-refractivity contribution is 0.0694. The van der Waals surface area contributed by atoms with Crippen molar-refractivity contribution in [3.05, 3.63) is 22.1 Å². The lowest BCUT2D eigenvalue weighted by Gasteiger charge is -1.92. The van der Waals surface area contributed by atoms with Crippen LogP contribution in [0.15, 0.2) is 15.3 Å². The van der Waals surface area contributed by atoms with E-state index in [1.165, 1.54) is 4.52 Å². The minimum absolute atomic E-state index is 0.324. The molecular weight excluding hydrogens is 226 g/mol. The molecule has 0 saturated heterocycles. The number of carbonyl (C=O) groups is 1. The first-order chi connectivity index (χ1) is 6.58. The highest BCUT2D eigenvalue weighted by Gasteiger charge is 2.12. The fourth-order valence-electron chi connectivity index (χ4n) is 0.913. The fourth-order valence-corrected chi connectivity index (χ4v) is 1.86. The smallest absolute Gasteiger partial charge is 0.343 e. The number of rotatable bonds is 1. The minimum atomic E-state index is -1.31. The van der Waals surface area contributed by atoms with Crippen LogP contribution in [0, 0.1) is 0 Å². The monoisotopic (exact) mass is 229 g/mol. The van der Waals surface area contributed by atoms with Gasteiger partial charge in [0, 0.05) is 0 Å². The maximum absolute atomic E-state index is 11.1. The van der Waals surface area contributed by atoms with Crippen molar-refractivity contribution in [2.24, 2.45) is 0 Å². The standard InChI is InChI=1S/C6H3N3O3S2/c10-3-2(4(11)12)1-9-5(7-3)14-6(13)8-9/h1H,(H,8,13)(H,11,12). The van der Waals surface area contributed by atoms with E-state index in [2.05, 4.69) is 22.7 Å². The molecule has 72 valence electrons. The molecule has 0 aliphatic carbocycles. The molecule has 0 aliphatic heterocycles. The predicted octanol–water partition coefficient (Wildman–Crippen LogP) is 0.138. The Morgan fingerprint density at radius 3 is 3.00 bits per heavy atom. The number of thiol groups is 1. The van der Waals surface area contributed by atoms with Gasteiger partial charge in [-0.2, -0.15) is 4.98 Å². The number of aromatic carboxylic acids is 1. The van der Waals surface area contributed by atoms with Gasteiger partial charge in [-0.3, -0.25) is 4.79 Å². The predicted molar refractivity (Wildman–Crippen MR) is 51.3 cm³/mol. The number of aromatic nitrogens is 3. The molecule has 0 atom stereocenters. The third kappa shape index (κ3) is 1.38. The summed E-state index contributed by atoms with van der Waals surface area (Å²) in [7, 11) is 0. The summed E-state index contributed by atoms with van der Waals surface area (Å²) in [6.45, 7) is 0. The molecule has 2 aromatic heterocycles. The topological polar surface area (TPSA) is 84.6 Å². The quantitative estimate of drug-likeness (QED) is 0.679. The van der Waals surface area contributed by atoms with Gasteiger partial charge in [0.1, 0.15) is 5.56 Å². The Hall–Kier alpha value is -1.41. The van der Waals surface area contributed by atoms with Crippen LogP contribution >= 0.6 is 24.0 Å². The van der Waals surface area contributed by atoms with Crippen LogP contribution in [0.5, 0.6) is 0 Å². The summed E-state index contributed by atoms with van der Waals surface area (Å²) in [6, 6.07) is 0. The highest BCUT2D eigenvalue weighted by Crippen LogP contribution is 2.14. The van der Waals surface area contributed by atoms with E-state index in [0.29, 0.717) is 9.30 Å². The molecular formula is C6H3N3O3S2. The fraction of sp³-hybridized carbons (Fsp3) is 0. The summed E-state index contributed by atoms with van der Waals surface area (Å²) in [6.07, 6.45) is 1.13. The average molecular weight is 229 g/mol. The van der Waals surface area contributed by atoms with Crippen molar-refractivity contribution < 1.29 is 9.90 Å². The van der Waals surface area contributed by atoms with E-state index in [1.54, 1.807) is 0 Å². The minimum Gasteiger partial charge on any atom is -0.477 e. The zero-order valence-electron chi connectivity index (χ0n) is 6.54. The molecule has 0 aliphatic rings. The molecule has 0 saturated carbocycles. The van der Waals surface area contributed by atoms with Crippen LogP contribution in [0.1, 0.15) is 10.4 Å². The van der Waals surface area contributed by atoms with Crippen LogP contribution in [0.25, 0.3) is 4.96 Å². The van der Waals surface area contributed by atoms with E-state index in [9.17, 15) is 9.59 Å². The number of carboxylic acid groups (broad SMARTS) is 1. The Bertz CT molecular complexity index is 573. The van der Waals surface area contributed by atoms with Crippen molar-refractivity contribution in [1.29, 1.82) is 0 Å². The first-order valence-corrected chi connectivity index (χ1v) is 4.67. The number of nitrogens with zero attached hydrogens (tertiary/aromatic N) is 3. The molecule has 0 amide bonds. The van der Waals surface area contributed by atoms with Gasteiger partial charge >= 0.3 is 5.97 Å². The second-order valence-corrected chi connectivity index (χ2v) is 4.06. The van der Waals surface area contributed by atoms with Gasteiger partial charge in [-0.15, -0.1) is 17.7 Å². The molecule has 0 fully saturated rings. The number of fused-ring (bicyclic) bond motifs is 1. The Morgan fingerprint density at radius 1 is 1.64 bits per heavy atom. The molecule has 1 N–H and O–H groups in total. The van der Waals surface area contributed by atoms with Gasteiger partial charge in [0.25, 0.3) is 5.56 Å². The maximum atomic E-state index is 11.1. The van der Waals surface area contributed by atoms with Crippen molar-refractivity contribution in [2.45, 2.75) is 4.34 Å². The highest BCUT2D eigenvalue weighted by molar-refractivity contribution is 7.82. The van der Waals surface area contributed by atoms with Crippen LogP contribution in [0.4, 0.5) is 0 Å². The van der Waals surface area contributed by atoms with Crippen LogP contribution in [-0.2, 0) is 0 Å². The molecule has 2 heterocycles. The second kappa shape index (κ2) is 3.07. The third-order valence-electron chi connectivity index (χ3n) is 1.48. The molecule has 8 heteroatoms. The van der Waals surface area contributed by atoms with Crippen molar-refractivity contribution in [3.63, 3.8) is 0 Å². The maximum Gasteiger partial charge on any atom is 0.343 e. The number of hydrogen-bond donors (Lipinski definition) is 2. The van der Waals surface area contributed by atoms with E-state index < -0.39 is 17.1 Å². The van der Waals surface area contributed by atoms with Gasteiger partial charge in [-0.1, -0.05) is 11.3 Å². The lowest BCUT2D eigenvalue weighted by atomic mass is 10.3. The van der Waals surface area contributed by atoms with E-state index in [0.717, 1.165) is 17.5 Å². The molecule has 0 bridgehead atoms. The summed E-state index contributed by atoms with van der Waals surface area (Å²) >= 11 is 5.06. The molecule has 0 spiro atoms. The summed E-state index contributed by atoms with van der Waals surface area (Å²) in [5, 5.41) is 12.5. The van der Waals surface area contributed by atoms with Crippen molar-refractivity contribution in [3.8, 4) is 0 Å². The van der Waals surface area contributed by atoms with Gasteiger partial charge in [0.05, 0.1) is 6.20 Å². The first-order valence-electron chi connectivity index (χ1n) is 3.41. The van der Waals surface area contributed by atoms with E-state index in [4.69, 9.17) is 5.11 Å². The van der Waals surface area contributed by atoms with Gasteiger partial charge in [0.15, 0.2) is 4.34 Å². The third-order valence-corrected chi connectivity index (χ3v) is 2.57. The summed E-state index contributed by atoms with van der Waals surface area (Å²) in [5.74, 6) is -1.31. The zero-order valence-corrected chi connectivity index (χ0v) is 8.25. The van der Waals surface area contributed by atoms with E-state index in [-0.39, 0.29) is 0 Å². The van der Waals surface area contributed by atoms with Gasteiger partial charge < -0.3 is 5.11 Å². The molecule has 6 nitrogen and oxygen atoms in total. The largest absolute Gasteiger partial charge is 0.477 e. The summed E-state index contributed by atoms with van der Waals surface area (Å²) in [4.78, 5) is 25.6. The zero-order chi connectivity index (χ0) is 10.3. The SMILES string of the molecule is O=C(O)c1cn2nc(S)sc2nc1=O. The Balaban J connectivity index is 2.83. The van der Waals surface area contributed by atoms with Crippen LogP contribution < -0.4 is 5.56 Å². The average Bonchev–Trinajstić information content (AvgIpc) is 2.42. The van der Waals surface area contributed by atoms with Crippen LogP contribution in [0.2, 0.25) is 0 Å². The Labute approximate surface area is 86.2 Å². The number of hydrogen-bond acceptors (Lipinski definition) is 6. The van der Waals surface area contributed by atoms with E-state index in [1.807, 2.05) is 0 Å². The van der Waals surface area contributed by atoms with Crippen molar-refractivity contribution in [1.82, 2.24) is 14.6 Å². The molecule has 2 aromatic rings. The van der Waals surface area contributed by atoms with Gasteiger partial charge in [0.2, 0.25) is 4.96 Å². The van der Waals surface area contributed by atoms with Crippen LogP contribution in [-0.4, -0.2) is 25.7 Å². The summed E-state index contributed by atoms with van der Waals surface area (Å²) < 4.78 is 1.64. The normalized spacial score (nSPS) is 10.6. The second-order valence-electron chi connectivity index (χ2n) is 2.38. The molecule has 14 heavy (non-hydrogen) atoms. The summed E-state index contributed by atoms with van der Waals surface area (Å²) in [5.41, 5.74) is -1.17. The number of carboxylic acids is 1. The van der Waals surface area contributed by atoms with Gasteiger partial charge in [-0.05, 0) is 0 Å². The first kappa shape index (κ1) is 9.16. The van der Waals surface area contributed by atoms with Crippen molar-refractivity contribution in [2.75, 3.05) is 0 Å². The van der Waals surface area contributed by atoms with Crippen molar-refractivity contribution >= 4 is 34.9 Å². The van der Waals surface area contributed by atoms with E-state index >= 15 is 0 Å². The van der Waals surface area contributed by atoms with Crippen LogP contribution in [0.3, 0.4) is 0 Å². The molecule has 0 unspecified atom stereocenters. The molecule has 0 aromatic carbocycles. The van der Waals surface area contributed by atoms with Gasteiger partial charge in [-0.25, -0.2) is 9.31 Å². The highest BCUT2D eigenvalue weighted by atomic mass is 32.2. The Kier molecular flexibility index (Phi) is 2.01. The molecule has 2 rings (SSSR count). The lowest BCUT2D eigenvalue weighted by Crippen LogP contribution is -2.18.